The molecule has 0 saturated carbocycles. The van der Waals surface area contributed by atoms with Crippen LogP contribution in [0, 0.1) is 5.82 Å². The van der Waals surface area contributed by atoms with Crippen LogP contribution in [0.4, 0.5) is 10.1 Å². The zero-order valence-electron chi connectivity index (χ0n) is 10.6. The minimum Gasteiger partial charge on any atom is -0.494 e. The Labute approximate surface area is 107 Å². The van der Waals surface area contributed by atoms with E-state index in [9.17, 15) is 12.8 Å². The van der Waals surface area contributed by atoms with Gasteiger partial charge in [0.15, 0.2) is 0 Å². The second kappa shape index (κ2) is 6.58. The average molecular weight is 275 g/mol. The molecule has 0 heterocycles. The maximum atomic E-state index is 12.9. The van der Waals surface area contributed by atoms with Gasteiger partial charge in [-0.15, -0.1) is 0 Å². The van der Waals surface area contributed by atoms with Gasteiger partial charge in [0.1, 0.15) is 21.4 Å². The highest BCUT2D eigenvalue weighted by Gasteiger charge is 2.07. The molecule has 1 rings (SSSR count). The van der Waals surface area contributed by atoms with E-state index >= 15 is 0 Å². The third-order valence-electron chi connectivity index (χ3n) is 2.55. The van der Waals surface area contributed by atoms with Crippen LogP contribution in [-0.4, -0.2) is 33.6 Å². The summed E-state index contributed by atoms with van der Waals surface area (Å²) in [7, 11) is -1.47. The summed E-state index contributed by atoms with van der Waals surface area (Å²) in [6.07, 6.45) is 0.511. The molecule has 0 bridgehead atoms. The van der Waals surface area contributed by atoms with E-state index in [-0.39, 0.29) is 17.3 Å². The van der Waals surface area contributed by atoms with E-state index in [2.05, 4.69) is 5.32 Å². The van der Waals surface area contributed by atoms with Crippen LogP contribution in [0.2, 0.25) is 0 Å². The SMILES string of the molecule is CCS(=O)(=O)CCCNc1ccc(F)cc1OC. The third-order valence-corrected chi connectivity index (χ3v) is 4.34. The summed E-state index contributed by atoms with van der Waals surface area (Å²) in [4.78, 5) is 0. The number of benzene rings is 1. The molecule has 1 aromatic carbocycles. The molecule has 18 heavy (non-hydrogen) atoms. The molecule has 0 aliphatic carbocycles. The first-order valence-corrected chi connectivity index (χ1v) is 7.58. The number of methoxy groups -OCH3 is 1. The van der Waals surface area contributed by atoms with Gasteiger partial charge in [-0.05, 0) is 18.6 Å². The van der Waals surface area contributed by atoms with Gasteiger partial charge in [0.2, 0.25) is 0 Å². The molecule has 0 amide bonds. The zero-order chi connectivity index (χ0) is 13.6. The summed E-state index contributed by atoms with van der Waals surface area (Å²) in [6, 6.07) is 4.18. The van der Waals surface area contributed by atoms with E-state index in [0.29, 0.717) is 24.4 Å². The summed E-state index contributed by atoms with van der Waals surface area (Å²) in [6.45, 7) is 2.13. The van der Waals surface area contributed by atoms with Crippen molar-refractivity contribution in [2.45, 2.75) is 13.3 Å². The molecule has 0 saturated heterocycles. The van der Waals surface area contributed by atoms with Gasteiger partial charge in [-0.3, -0.25) is 0 Å². The number of hydrogen-bond donors (Lipinski definition) is 1. The topological polar surface area (TPSA) is 55.4 Å². The van der Waals surface area contributed by atoms with Crippen LogP contribution in [0.1, 0.15) is 13.3 Å². The summed E-state index contributed by atoms with van der Waals surface area (Å²) in [5.74, 6) is 0.353. The number of hydrogen-bond acceptors (Lipinski definition) is 4. The first-order valence-electron chi connectivity index (χ1n) is 5.76. The molecule has 0 aromatic heterocycles. The quantitative estimate of drug-likeness (QED) is 0.774. The Hall–Kier alpha value is -1.30. The first kappa shape index (κ1) is 14.8. The van der Waals surface area contributed by atoms with Gasteiger partial charge in [-0.1, -0.05) is 6.92 Å². The Morgan fingerprint density at radius 1 is 1.39 bits per heavy atom. The van der Waals surface area contributed by atoms with Crippen LogP contribution in [0.25, 0.3) is 0 Å². The van der Waals surface area contributed by atoms with Crippen molar-refractivity contribution < 1.29 is 17.5 Å². The minimum atomic E-state index is -2.93. The maximum absolute atomic E-state index is 12.9. The van der Waals surface area contributed by atoms with Crippen LogP contribution in [0.5, 0.6) is 5.75 Å². The monoisotopic (exact) mass is 275 g/mol. The minimum absolute atomic E-state index is 0.153. The molecular formula is C12H18FNO3S. The number of halogens is 1. The molecule has 6 heteroatoms. The molecule has 0 atom stereocenters. The van der Waals surface area contributed by atoms with Gasteiger partial charge in [-0.2, -0.15) is 0 Å². The van der Waals surface area contributed by atoms with Gasteiger partial charge in [0, 0.05) is 18.4 Å². The van der Waals surface area contributed by atoms with Crippen LogP contribution in [-0.2, 0) is 9.84 Å². The van der Waals surface area contributed by atoms with Crippen LogP contribution in [0.15, 0.2) is 18.2 Å². The van der Waals surface area contributed by atoms with Crippen molar-refractivity contribution in [1.82, 2.24) is 0 Å². The standard InChI is InChI=1S/C12H18FNO3S/c1-3-18(15,16)8-4-7-14-11-6-5-10(13)9-12(11)17-2/h5-6,9,14H,3-4,7-8H2,1-2H3. The summed E-state index contributed by atoms with van der Waals surface area (Å²) >= 11 is 0. The van der Waals surface area contributed by atoms with Crippen molar-refractivity contribution in [3.63, 3.8) is 0 Å². The van der Waals surface area contributed by atoms with E-state index in [1.807, 2.05) is 0 Å². The third kappa shape index (κ3) is 4.52. The molecule has 102 valence electrons. The highest BCUT2D eigenvalue weighted by atomic mass is 32.2. The lowest BCUT2D eigenvalue weighted by atomic mass is 10.2. The van der Waals surface area contributed by atoms with Crippen molar-refractivity contribution in [2.75, 3.05) is 30.5 Å². The number of sulfone groups is 1. The van der Waals surface area contributed by atoms with Gasteiger partial charge < -0.3 is 10.1 Å². The number of anilines is 1. The molecular weight excluding hydrogens is 257 g/mol. The van der Waals surface area contributed by atoms with Crippen molar-refractivity contribution in [3.05, 3.63) is 24.0 Å². The summed E-state index contributed by atoms with van der Waals surface area (Å²) in [5.41, 5.74) is 0.660. The van der Waals surface area contributed by atoms with Crippen LogP contribution in [0.3, 0.4) is 0 Å². The fourth-order valence-electron chi connectivity index (χ4n) is 1.47. The number of nitrogens with one attached hydrogen (secondary N) is 1. The molecule has 4 nitrogen and oxygen atoms in total. The van der Waals surface area contributed by atoms with E-state index in [1.54, 1.807) is 13.0 Å². The fraction of sp³-hybridized carbons (Fsp3) is 0.500. The van der Waals surface area contributed by atoms with Crippen molar-refractivity contribution in [2.24, 2.45) is 0 Å². The van der Waals surface area contributed by atoms with Gasteiger partial charge in [0.25, 0.3) is 0 Å². The van der Waals surface area contributed by atoms with Crippen LogP contribution < -0.4 is 10.1 Å². The largest absolute Gasteiger partial charge is 0.494 e. The normalized spacial score (nSPS) is 11.3. The lowest BCUT2D eigenvalue weighted by Crippen LogP contribution is -2.13. The second-order valence-electron chi connectivity index (χ2n) is 3.86. The van der Waals surface area contributed by atoms with E-state index in [0.717, 1.165) is 0 Å². The van der Waals surface area contributed by atoms with Crippen LogP contribution >= 0.6 is 0 Å². The van der Waals surface area contributed by atoms with E-state index in [1.165, 1.54) is 19.2 Å². The Bertz CT molecular complexity index is 488. The predicted octanol–water partition coefficient (Wildman–Crippen LogP) is 2.07. The Kier molecular flexibility index (Phi) is 5.40. The van der Waals surface area contributed by atoms with Crippen molar-refractivity contribution in [3.8, 4) is 5.75 Å². The lowest BCUT2D eigenvalue weighted by Gasteiger charge is -2.11. The molecule has 1 N–H and O–H groups in total. The van der Waals surface area contributed by atoms with Crippen molar-refractivity contribution >= 4 is 15.5 Å². The number of ether oxygens (including phenoxy) is 1. The van der Waals surface area contributed by atoms with Gasteiger partial charge >= 0.3 is 0 Å². The molecule has 0 fully saturated rings. The van der Waals surface area contributed by atoms with Crippen molar-refractivity contribution in [1.29, 1.82) is 0 Å². The smallest absolute Gasteiger partial charge is 0.150 e. The molecule has 0 radical (unpaired) electrons. The molecule has 0 spiro atoms. The molecule has 0 aliphatic heterocycles. The highest BCUT2D eigenvalue weighted by molar-refractivity contribution is 7.91. The highest BCUT2D eigenvalue weighted by Crippen LogP contribution is 2.24. The van der Waals surface area contributed by atoms with E-state index in [4.69, 9.17) is 4.74 Å². The molecule has 0 aliphatic rings. The number of rotatable bonds is 7. The maximum Gasteiger partial charge on any atom is 0.150 e. The Morgan fingerprint density at radius 2 is 2.11 bits per heavy atom. The summed E-state index contributed by atoms with van der Waals surface area (Å²) in [5, 5.41) is 3.03. The average Bonchev–Trinajstić information content (AvgIpc) is 2.36. The second-order valence-corrected chi connectivity index (χ2v) is 6.33. The Balaban J connectivity index is 2.49. The Morgan fingerprint density at radius 3 is 2.72 bits per heavy atom. The summed E-state index contributed by atoms with van der Waals surface area (Å²) < 4.78 is 40.5. The predicted molar refractivity (Wildman–Crippen MR) is 70.4 cm³/mol. The lowest BCUT2D eigenvalue weighted by molar-refractivity contribution is 0.413. The molecule has 0 unspecified atom stereocenters. The molecule has 1 aromatic rings. The van der Waals surface area contributed by atoms with Gasteiger partial charge in [-0.25, -0.2) is 12.8 Å². The zero-order valence-corrected chi connectivity index (χ0v) is 11.4. The van der Waals surface area contributed by atoms with E-state index < -0.39 is 9.84 Å². The van der Waals surface area contributed by atoms with Gasteiger partial charge in [0.05, 0.1) is 18.6 Å². The fourth-order valence-corrected chi connectivity index (χ4v) is 2.34. The first-order chi connectivity index (χ1) is 8.48.